The standard InChI is InChI=1S/C16H15ClN2O/c1-11-14(17)6-3-7-15(11)19-16(20)9-8-12-4-2-5-13(18)10-12/h2-10H,18H2,1H3,(H,19,20)/b9-8+. The van der Waals surface area contributed by atoms with Gasteiger partial charge in [0.25, 0.3) is 0 Å². The van der Waals surface area contributed by atoms with Crippen LogP contribution in [0.5, 0.6) is 0 Å². The Kier molecular flexibility index (Phi) is 4.43. The van der Waals surface area contributed by atoms with Crippen LogP contribution in [0.25, 0.3) is 6.08 Å². The highest BCUT2D eigenvalue weighted by atomic mass is 35.5. The molecule has 3 nitrogen and oxygen atoms in total. The van der Waals surface area contributed by atoms with Crippen LogP contribution in [0.3, 0.4) is 0 Å². The minimum Gasteiger partial charge on any atom is -0.399 e. The second kappa shape index (κ2) is 6.26. The van der Waals surface area contributed by atoms with E-state index >= 15 is 0 Å². The van der Waals surface area contributed by atoms with E-state index in [0.29, 0.717) is 16.4 Å². The van der Waals surface area contributed by atoms with E-state index in [9.17, 15) is 4.79 Å². The molecular formula is C16H15ClN2O. The van der Waals surface area contributed by atoms with Crippen LogP contribution in [0.15, 0.2) is 48.5 Å². The molecule has 0 atom stereocenters. The Bertz CT molecular complexity index is 665. The molecular weight excluding hydrogens is 272 g/mol. The molecule has 2 aromatic rings. The molecule has 0 fully saturated rings. The highest BCUT2D eigenvalue weighted by Crippen LogP contribution is 2.22. The summed E-state index contributed by atoms with van der Waals surface area (Å²) in [6.07, 6.45) is 3.18. The van der Waals surface area contributed by atoms with E-state index in [1.54, 1.807) is 30.3 Å². The molecule has 3 N–H and O–H groups in total. The molecule has 0 aliphatic rings. The third-order valence-electron chi connectivity index (χ3n) is 2.86. The maximum atomic E-state index is 11.9. The van der Waals surface area contributed by atoms with Gasteiger partial charge in [-0.1, -0.05) is 29.8 Å². The maximum Gasteiger partial charge on any atom is 0.248 e. The monoisotopic (exact) mass is 286 g/mol. The Hall–Kier alpha value is -2.26. The van der Waals surface area contributed by atoms with E-state index in [0.717, 1.165) is 11.1 Å². The highest BCUT2D eigenvalue weighted by molar-refractivity contribution is 6.31. The number of hydrogen-bond acceptors (Lipinski definition) is 2. The smallest absolute Gasteiger partial charge is 0.248 e. The number of amides is 1. The van der Waals surface area contributed by atoms with Crippen molar-refractivity contribution in [2.45, 2.75) is 6.92 Å². The Morgan fingerprint density at radius 3 is 2.75 bits per heavy atom. The topological polar surface area (TPSA) is 55.1 Å². The van der Waals surface area contributed by atoms with Crippen molar-refractivity contribution >= 4 is 35.0 Å². The quantitative estimate of drug-likeness (QED) is 0.664. The number of nitrogen functional groups attached to an aromatic ring is 1. The van der Waals surface area contributed by atoms with Crippen molar-refractivity contribution in [3.05, 3.63) is 64.7 Å². The van der Waals surface area contributed by atoms with Crippen LogP contribution in [0.1, 0.15) is 11.1 Å². The number of halogens is 1. The van der Waals surface area contributed by atoms with Gasteiger partial charge >= 0.3 is 0 Å². The Morgan fingerprint density at radius 1 is 1.25 bits per heavy atom. The molecule has 2 rings (SSSR count). The zero-order valence-electron chi connectivity index (χ0n) is 11.1. The molecule has 0 saturated heterocycles. The van der Waals surface area contributed by atoms with Crippen LogP contribution >= 0.6 is 11.6 Å². The van der Waals surface area contributed by atoms with Gasteiger partial charge in [0.05, 0.1) is 0 Å². The summed E-state index contributed by atoms with van der Waals surface area (Å²) in [5.41, 5.74) is 8.77. The molecule has 0 spiro atoms. The SMILES string of the molecule is Cc1c(Cl)cccc1NC(=O)/C=C/c1cccc(N)c1. The number of rotatable bonds is 3. The van der Waals surface area contributed by atoms with Gasteiger partial charge in [0.2, 0.25) is 5.91 Å². The predicted molar refractivity (Wildman–Crippen MR) is 84.7 cm³/mol. The molecule has 0 unspecified atom stereocenters. The fraction of sp³-hybridized carbons (Fsp3) is 0.0625. The number of carbonyl (C=O) groups excluding carboxylic acids is 1. The van der Waals surface area contributed by atoms with Crippen molar-refractivity contribution < 1.29 is 4.79 Å². The van der Waals surface area contributed by atoms with Crippen molar-refractivity contribution in [2.24, 2.45) is 0 Å². The lowest BCUT2D eigenvalue weighted by Gasteiger charge is -2.07. The van der Waals surface area contributed by atoms with E-state index in [-0.39, 0.29) is 5.91 Å². The molecule has 102 valence electrons. The number of hydrogen-bond donors (Lipinski definition) is 2. The first-order valence-corrected chi connectivity index (χ1v) is 6.54. The number of anilines is 2. The lowest BCUT2D eigenvalue weighted by atomic mass is 10.2. The minimum absolute atomic E-state index is 0.210. The van der Waals surface area contributed by atoms with Gasteiger partial charge in [-0.15, -0.1) is 0 Å². The molecule has 0 heterocycles. The lowest BCUT2D eigenvalue weighted by molar-refractivity contribution is -0.111. The van der Waals surface area contributed by atoms with Gasteiger partial charge in [0.15, 0.2) is 0 Å². The summed E-state index contributed by atoms with van der Waals surface area (Å²) in [4.78, 5) is 11.9. The van der Waals surface area contributed by atoms with Crippen molar-refractivity contribution in [1.29, 1.82) is 0 Å². The number of carbonyl (C=O) groups is 1. The van der Waals surface area contributed by atoms with Gasteiger partial charge in [-0.2, -0.15) is 0 Å². The molecule has 0 aliphatic heterocycles. The lowest BCUT2D eigenvalue weighted by Crippen LogP contribution is -2.08. The fourth-order valence-electron chi connectivity index (χ4n) is 1.75. The fourth-order valence-corrected chi connectivity index (χ4v) is 1.93. The third-order valence-corrected chi connectivity index (χ3v) is 3.27. The van der Waals surface area contributed by atoms with Gasteiger partial charge in [0.1, 0.15) is 0 Å². The van der Waals surface area contributed by atoms with Gasteiger partial charge in [-0.05, 0) is 48.4 Å². The zero-order valence-corrected chi connectivity index (χ0v) is 11.8. The van der Waals surface area contributed by atoms with Crippen molar-refractivity contribution in [3.63, 3.8) is 0 Å². The highest BCUT2D eigenvalue weighted by Gasteiger charge is 2.04. The Labute approximate surface area is 123 Å². The predicted octanol–water partition coefficient (Wildman–Crippen LogP) is 3.88. The molecule has 0 aliphatic carbocycles. The number of nitrogens with two attached hydrogens (primary N) is 1. The van der Waals surface area contributed by atoms with Crippen LogP contribution in [-0.2, 0) is 4.79 Å². The molecule has 0 radical (unpaired) electrons. The van der Waals surface area contributed by atoms with Crippen molar-refractivity contribution in [3.8, 4) is 0 Å². The first-order chi connectivity index (χ1) is 9.56. The van der Waals surface area contributed by atoms with Crippen molar-refractivity contribution in [2.75, 3.05) is 11.1 Å². The minimum atomic E-state index is -0.210. The maximum absolute atomic E-state index is 11.9. The van der Waals surface area contributed by atoms with Crippen LogP contribution < -0.4 is 11.1 Å². The second-order valence-corrected chi connectivity index (χ2v) is 4.81. The van der Waals surface area contributed by atoms with Gasteiger partial charge in [-0.25, -0.2) is 0 Å². The molecule has 0 aromatic heterocycles. The largest absolute Gasteiger partial charge is 0.399 e. The van der Waals surface area contributed by atoms with Crippen molar-refractivity contribution in [1.82, 2.24) is 0 Å². The second-order valence-electron chi connectivity index (χ2n) is 4.41. The third kappa shape index (κ3) is 3.62. The molecule has 0 bridgehead atoms. The summed E-state index contributed by atoms with van der Waals surface area (Å²) in [5.74, 6) is -0.210. The normalized spacial score (nSPS) is 10.7. The molecule has 0 saturated carbocycles. The van der Waals surface area contributed by atoms with Crippen LogP contribution in [0.4, 0.5) is 11.4 Å². The summed E-state index contributed by atoms with van der Waals surface area (Å²) in [6.45, 7) is 1.86. The first-order valence-electron chi connectivity index (χ1n) is 6.16. The summed E-state index contributed by atoms with van der Waals surface area (Å²) >= 11 is 6.00. The van der Waals surface area contributed by atoms with Crippen LogP contribution in [0.2, 0.25) is 5.02 Å². The first kappa shape index (κ1) is 14.2. The summed E-state index contributed by atoms with van der Waals surface area (Å²) in [6, 6.07) is 12.7. The summed E-state index contributed by atoms with van der Waals surface area (Å²) < 4.78 is 0. The average Bonchev–Trinajstić information content (AvgIpc) is 2.42. The van der Waals surface area contributed by atoms with E-state index in [1.165, 1.54) is 6.08 Å². The van der Waals surface area contributed by atoms with Crippen LogP contribution in [0, 0.1) is 6.92 Å². The average molecular weight is 287 g/mol. The Morgan fingerprint density at radius 2 is 2.00 bits per heavy atom. The van der Waals surface area contributed by atoms with Crippen LogP contribution in [-0.4, -0.2) is 5.91 Å². The van der Waals surface area contributed by atoms with E-state index in [1.807, 2.05) is 25.1 Å². The van der Waals surface area contributed by atoms with E-state index < -0.39 is 0 Å². The van der Waals surface area contributed by atoms with Gasteiger partial charge < -0.3 is 11.1 Å². The zero-order chi connectivity index (χ0) is 14.5. The van der Waals surface area contributed by atoms with E-state index in [2.05, 4.69) is 5.32 Å². The number of nitrogens with one attached hydrogen (secondary N) is 1. The van der Waals surface area contributed by atoms with E-state index in [4.69, 9.17) is 17.3 Å². The summed E-state index contributed by atoms with van der Waals surface area (Å²) in [5, 5.41) is 3.42. The van der Waals surface area contributed by atoms with Gasteiger partial charge in [-0.3, -0.25) is 4.79 Å². The van der Waals surface area contributed by atoms with Gasteiger partial charge in [0, 0.05) is 22.5 Å². The molecule has 1 amide bonds. The molecule has 2 aromatic carbocycles. The molecule has 20 heavy (non-hydrogen) atoms. The summed E-state index contributed by atoms with van der Waals surface area (Å²) in [7, 11) is 0. The number of benzene rings is 2. The Balaban J connectivity index is 2.08. The molecule has 4 heteroatoms.